The summed E-state index contributed by atoms with van der Waals surface area (Å²) in [5.74, 6) is -1.04. The minimum atomic E-state index is -1.04. The highest BCUT2D eigenvalue weighted by Crippen LogP contribution is 2.37. The predicted molar refractivity (Wildman–Crippen MR) is 81.8 cm³/mol. The van der Waals surface area contributed by atoms with E-state index in [1.54, 1.807) is 0 Å². The van der Waals surface area contributed by atoms with Crippen molar-refractivity contribution in [1.82, 2.24) is 9.55 Å². The Morgan fingerprint density at radius 3 is 2.48 bits per heavy atom. The van der Waals surface area contributed by atoms with Crippen LogP contribution in [0.5, 0.6) is 0 Å². The van der Waals surface area contributed by atoms with Gasteiger partial charge in [-0.25, -0.2) is 9.78 Å². The van der Waals surface area contributed by atoms with E-state index in [0.29, 0.717) is 5.69 Å². The van der Waals surface area contributed by atoms with Crippen molar-refractivity contribution in [2.45, 2.75) is 38.1 Å². The van der Waals surface area contributed by atoms with E-state index < -0.39 is 5.97 Å². The van der Waals surface area contributed by atoms with Gasteiger partial charge in [0.15, 0.2) is 5.69 Å². The lowest BCUT2D eigenvalue weighted by Crippen LogP contribution is -2.14. The number of carbonyl (C=O) groups is 1. The van der Waals surface area contributed by atoms with Crippen molar-refractivity contribution in [3.05, 3.63) is 41.3 Å². The van der Waals surface area contributed by atoms with E-state index in [2.05, 4.69) is 4.98 Å². The number of rotatable bonds is 3. The van der Waals surface area contributed by atoms with E-state index in [1.807, 2.05) is 34.9 Å². The quantitative estimate of drug-likeness (QED) is 0.914. The molecule has 21 heavy (non-hydrogen) atoms. The van der Waals surface area contributed by atoms with E-state index in [-0.39, 0.29) is 17.0 Å². The molecule has 110 valence electrons. The van der Waals surface area contributed by atoms with Gasteiger partial charge in [-0.2, -0.15) is 0 Å². The van der Waals surface area contributed by atoms with Crippen LogP contribution in [0.1, 0.15) is 48.6 Å². The second-order valence-corrected chi connectivity index (χ2v) is 5.75. The van der Waals surface area contributed by atoms with Crippen molar-refractivity contribution in [2.24, 2.45) is 0 Å². The third-order valence-corrected chi connectivity index (χ3v) is 4.32. The molecule has 1 aromatic carbocycles. The average molecular weight is 305 g/mol. The predicted octanol–water partition coefficient (Wildman–Crippen LogP) is 4.41. The first-order valence-corrected chi connectivity index (χ1v) is 7.62. The molecule has 5 heteroatoms. The number of aromatic nitrogens is 2. The number of nitrogens with zero attached hydrogens (tertiary/aromatic N) is 2. The lowest BCUT2D eigenvalue weighted by Gasteiger charge is -2.25. The highest BCUT2D eigenvalue weighted by atomic mass is 35.5. The second-order valence-electron chi connectivity index (χ2n) is 5.41. The summed E-state index contributed by atoms with van der Waals surface area (Å²) in [4.78, 5) is 15.6. The Bertz CT molecular complexity index is 646. The molecule has 1 aromatic heterocycles. The van der Waals surface area contributed by atoms with E-state index in [1.165, 1.54) is 6.42 Å². The number of halogens is 1. The topological polar surface area (TPSA) is 55.1 Å². The highest BCUT2D eigenvalue weighted by molar-refractivity contribution is 6.29. The monoisotopic (exact) mass is 304 g/mol. The number of hydrogen-bond donors (Lipinski definition) is 1. The Kier molecular flexibility index (Phi) is 3.97. The van der Waals surface area contributed by atoms with Gasteiger partial charge in [-0.3, -0.25) is 0 Å². The first-order chi connectivity index (χ1) is 10.2. The Labute approximate surface area is 128 Å². The van der Waals surface area contributed by atoms with Crippen LogP contribution in [0, 0.1) is 0 Å². The maximum Gasteiger partial charge on any atom is 0.356 e. The van der Waals surface area contributed by atoms with Crippen molar-refractivity contribution < 1.29 is 9.90 Å². The molecule has 0 spiro atoms. The fourth-order valence-electron chi connectivity index (χ4n) is 3.10. The van der Waals surface area contributed by atoms with Gasteiger partial charge in [0.2, 0.25) is 5.28 Å². The first kappa shape index (κ1) is 14.1. The number of imidazole rings is 1. The van der Waals surface area contributed by atoms with Crippen LogP contribution in [-0.4, -0.2) is 20.6 Å². The van der Waals surface area contributed by atoms with Crippen molar-refractivity contribution in [3.63, 3.8) is 0 Å². The minimum absolute atomic E-state index is 0.0387. The normalized spacial score (nSPS) is 16.0. The van der Waals surface area contributed by atoms with Crippen LogP contribution in [0.3, 0.4) is 0 Å². The van der Waals surface area contributed by atoms with Gasteiger partial charge in [-0.1, -0.05) is 49.6 Å². The summed E-state index contributed by atoms with van der Waals surface area (Å²) >= 11 is 6.27. The smallest absolute Gasteiger partial charge is 0.356 e. The van der Waals surface area contributed by atoms with Crippen molar-refractivity contribution in [3.8, 4) is 11.3 Å². The summed E-state index contributed by atoms with van der Waals surface area (Å²) in [5, 5.41) is 9.70. The average Bonchev–Trinajstić information content (AvgIpc) is 2.87. The summed E-state index contributed by atoms with van der Waals surface area (Å²) < 4.78 is 1.92. The van der Waals surface area contributed by atoms with Gasteiger partial charge in [0.25, 0.3) is 0 Å². The summed E-state index contributed by atoms with van der Waals surface area (Å²) in [7, 11) is 0. The zero-order chi connectivity index (χ0) is 14.8. The van der Waals surface area contributed by atoms with E-state index in [4.69, 9.17) is 11.6 Å². The van der Waals surface area contributed by atoms with Crippen LogP contribution >= 0.6 is 11.6 Å². The summed E-state index contributed by atoms with van der Waals surface area (Å²) in [6.07, 6.45) is 5.57. The maximum absolute atomic E-state index is 11.5. The standard InChI is InChI=1S/C16H17ClN2O2/c17-16-18-13(15(20)21)14(11-7-3-1-4-8-11)19(16)12-9-5-2-6-10-12/h1,3-4,7-8,12H,2,5-6,9-10H2,(H,20,21). The molecular formula is C16H17ClN2O2. The SMILES string of the molecule is O=C(O)c1nc(Cl)n(C2CCCCC2)c1-c1ccccc1. The van der Waals surface area contributed by atoms with E-state index in [0.717, 1.165) is 31.2 Å². The Hall–Kier alpha value is -1.81. The molecule has 1 aliphatic carbocycles. The number of hydrogen-bond acceptors (Lipinski definition) is 2. The van der Waals surface area contributed by atoms with Gasteiger partial charge >= 0.3 is 5.97 Å². The van der Waals surface area contributed by atoms with Crippen molar-refractivity contribution >= 4 is 17.6 Å². The molecule has 0 unspecified atom stereocenters. The fourth-order valence-corrected chi connectivity index (χ4v) is 3.41. The molecule has 3 rings (SSSR count). The minimum Gasteiger partial charge on any atom is -0.476 e. The molecule has 1 aliphatic rings. The van der Waals surface area contributed by atoms with Gasteiger partial charge < -0.3 is 9.67 Å². The molecule has 0 bridgehead atoms. The van der Waals surface area contributed by atoms with E-state index >= 15 is 0 Å². The van der Waals surface area contributed by atoms with Crippen LogP contribution in [0.15, 0.2) is 30.3 Å². The number of aromatic carboxylic acids is 1. The highest BCUT2D eigenvalue weighted by Gasteiger charge is 2.27. The molecule has 2 aromatic rings. The fraction of sp³-hybridized carbons (Fsp3) is 0.375. The molecule has 1 heterocycles. The Morgan fingerprint density at radius 1 is 1.19 bits per heavy atom. The van der Waals surface area contributed by atoms with Crippen LogP contribution in [-0.2, 0) is 0 Å². The molecular weight excluding hydrogens is 288 g/mol. The number of carboxylic acids is 1. The van der Waals surface area contributed by atoms with Crippen molar-refractivity contribution in [1.29, 1.82) is 0 Å². The van der Waals surface area contributed by atoms with Crippen LogP contribution in [0.4, 0.5) is 0 Å². The van der Waals surface area contributed by atoms with Crippen LogP contribution in [0.25, 0.3) is 11.3 Å². The molecule has 1 saturated carbocycles. The van der Waals surface area contributed by atoms with Crippen LogP contribution < -0.4 is 0 Å². The Balaban J connectivity index is 2.16. The second kappa shape index (κ2) is 5.90. The molecule has 0 radical (unpaired) electrons. The lowest BCUT2D eigenvalue weighted by molar-refractivity contribution is 0.0692. The zero-order valence-corrected chi connectivity index (χ0v) is 12.4. The molecule has 0 saturated heterocycles. The van der Waals surface area contributed by atoms with Gasteiger partial charge in [-0.15, -0.1) is 0 Å². The molecule has 1 fully saturated rings. The van der Waals surface area contributed by atoms with E-state index in [9.17, 15) is 9.90 Å². The number of carboxylic acid groups (broad SMARTS) is 1. The number of benzene rings is 1. The molecule has 0 aliphatic heterocycles. The summed E-state index contributed by atoms with van der Waals surface area (Å²) in [6, 6.07) is 9.74. The summed E-state index contributed by atoms with van der Waals surface area (Å²) in [5.41, 5.74) is 1.51. The first-order valence-electron chi connectivity index (χ1n) is 7.25. The largest absolute Gasteiger partial charge is 0.476 e. The zero-order valence-electron chi connectivity index (χ0n) is 11.6. The summed E-state index contributed by atoms with van der Waals surface area (Å²) in [6.45, 7) is 0. The molecule has 0 atom stereocenters. The van der Waals surface area contributed by atoms with Gasteiger partial charge in [-0.05, 0) is 24.4 Å². The third kappa shape index (κ3) is 2.68. The Morgan fingerprint density at radius 2 is 1.86 bits per heavy atom. The maximum atomic E-state index is 11.5. The third-order valence-electron chi connectivity index (χ3n) is 4.06. The lowest BCUT2D eigenvalue weighted by atomic mass is 9.94. The molecule has 1 N–H and O–H groups in total. The van der Waals surface area contributed by atoms with Gasteiger partial charge in [0.1, 0.15) is 0 Å². The van der Waals surface area contributed by atoms with Gasteiger partial charge in [0, 0.05) is 11.6 Å². The van der Waals surface area contributed by atoms with Crippen LogP contribution in [0.2, 0.25) is 5.28 Å². The van der Waals surface area contributed by atoms with Crippen molar-refractivity contribution in [2.75, 3.05) is 0 Å². The molecule has 0 amide bonds. The van der Waals surface area contributed by atoms with Gasteiger partial charge in [0.05, 0.1) is 5.69 Å². The molecule has 4 nitrogen and oxygen atoms in total.